The Kier molecular flexibility index (Phi) is 4.15. The molecule has 0 spiro atoms. The van der Waals surface area contributed by atoms with Crippen LogP contribution in [0, 0.1) is 6.92 Å². The van der Waals surface area contributed by atoms with Gasteiger partial charge in [0.2, 0.25) is 0 Å². The summed E-state index contributed by atoms with van der Waals surface area (Å²) in [5.74, 6) is 1.31. The number of carbonyl (C=O) groups excluding carboxylic acids is 1. The van der Waals surface area contributed by atoms with Crippen LogP contribution in [0.1, 0.15) is 28.0 Å². The minimum atomic E-state index is -1.14. The average molecular weight is 395 g/mol. The third-order valence-corrected chi connectivity index (χ3v) is 5.71. The summed E-state index contributed by atoms with van der Waals surface area (Å²) in [6, 6.07) is 7.54. The highest BCUT2D eigenvalue weighted by molar-refractivity contribution is 5.98. The number of rotatable bonds is 3. The van der Waals surface area contributed by atoms with Crippen molar-refractivity contribution in [2.45, 2.75) is 32.2 Å². The van der Waals surface area contributed by atoms with E-state index < -0.39 is 12.3 Å². The molecule has 150 valence electrons. The molecular formula is C21H22FN5O2. The van der Waals surface area contributed by atoms with E-state index in [1.165, 1.54) is 0 Å². The van der Waals surface area contributed by atoms with Crippen LogP contribution < -0.4 is 15.0 Å². The van der Waals surface area contributed by atoms with Crippen LogP contribution in [-0.4, -0.2) is 46.0 Å². The van der Waals surface area contributed by atoms with Crippen LogP contribution in [0.5, 0.6) is 5.75 Å². The Hall–Kier alpha value is -3.16. The van der Waals surface area contributed by atoms with Gasteiger partial charge in [-0.2, -0.15) is 5.10 Å². The van der Waals surface area contributed by atoms with E-state index in [0.29, 0.717) is 30.8 Å². The Balaban J connectivity index is 1.31. The van der Waals surface area contributed by atoms with Crippen LogP contribution in [0.3, 0.4) is 0 Å². The van der Waals surface area contributed by atoms with Gasteiger partial charge in [0.05, 0.1) is 36.1 Å². The number of ether oxygens (including phenoxy) is 1. The summed E-state index contributed by atoms with van der Waals surface area (Å²) in [6.45, 7) is 3.20. The van der Waals surface area contributed by atoms with Crippen LogP contribution in [0.25, 0.3) is 10.9 Å². The lowest BCUT2D eigenvalue weighted by Gasteiger charge is -2.36. The van der Waals surface area contributed by atoms with Gasteiger partial charge in [-0.15, -0.1) is 0 Å². The van der Waals surface area contributed by atoms with Gasteiger partial charge in [0, 0.05) is 25.4 Å². The summed E-state index contributed by atoms with van der Waals surface area (Å²) in [5.41, 5.74) is 3.24. The largest absolute Gasteiger partial charge is 0.487 e. The minimum Gasteiger partial charge on any atom is -0.487 e. The quantitative estimate of drug-likeness (QED) is 0.738. The number of halogens is 1. The molecule has 3 aromatic rings. The molecule has 2 aliphatic heterocycles. The number of nitrogens with one attached hydrogen (secondary N) is 1. The second-order valence-corrected chi connectivity index (χ2v) is 7.70. The zero-order chi connectivity index (χ0) is 20.1. The number of benzene rings is 1. The van der Waals surface area contributed by atoms with Crippen molar-refractivity contribution in [3.63, 3.8) is 0 Å². The smallest absolute Gasteiger partial charge is 0.253 e. The van der Waals surface area contributed by atoms with E-state index in [1.807, 2.05) is 43.1 Å². The number of piperidine rings is 1. The Labute approximate surface area is 167 Å². The van der Waals surface area contributed by atoms with E-state index in [9.17, 15) is 9.18 Å². The first-order valence-corrected chi connectivity index (χ1v) is 9.76. The van der Waals surface area contributed by atoms with Crippen LogP contribution in [0.2, 0.25) is 0 Å². The Morgan fingerprint density at radius 3 is 3.00 bits per heavy atom. The maximum atomic E-state index is 15.0. The van der Waals surface area contributed by atoms with E-state index in [4.69, 9.17) is 4.74 Å². The maximum absolute atomic E-state index is 15.0. The van der Waals surface area contributed by atoms with Gasteiger partial charge in [-0.3, -0.25) is 9.48 Å². The molecule has 0 radical (unpaired) electrons. The van der Waals surface area contributed by atoms with Crippen molar-refractivity contribution in [3.8, 4) is 5.75 Å². The highest BCUT2D eigenvalue weighted by Crippen LogP contribution is 2.29. The molecule has 29 heavy (non-hydrogen) atoms. The van der Waals surface area contributed by atoms with E-state index in [1.54, 1.807) is 10.9 Å². The van der Waals surface area contributed by atoms with Gasteiger partial charge in [-0.1, -0.05) is 0 Å². The summed E-state index contributed by atoms with van der Waals surface area (Å²) in [6.07, 6.45) is 0.697. The molecule has 8 heteroatoms. The van der Waals surface area contributed by atoms with E-state index >= 15 is 0 Å². The van der Waals surface area contributed by atoms with Crippen LogP contribution in [0.15, 0.2) is 30.5 Å². The zero-order valence-electron chi connectivity index (χ0n) is 16.4. The number of pyridine rings is 1. The van der Waals surface area contributed by atoms with Crippen molar-refractivity contribution in [2.75, 3.05) is 18.0 Å². The van der Waals surface area contributed by atoms with Gasteiger partial charge in [-0.25, -0.2) is 9.37 Å². The fourth-order valence-corrected chi connectivity index (χ4v) is 4.15. The summed E-state index contributed by atoms with van der Waals surface area (Å²) in [7, 11) is 1.89. The molecule has 0 saturated carbocycles. The number of carbonyl (C=O) groups is 1. The van der Waals surface area contributed by atoms with Gasteiger partial charge in [0.1, 0.15) is 17.7 Å². The number of fused-ring (bicyclic) bond motifs is 2. The Bertz CT molecular complexity index is 1110. The van der Waals surface area contributed by atoms with Gasteiger partial charge >= 0.3 is 0 Å². The molecule has 1 N–H and O–H groups in total. The third kappa shape index (κ3) is 3.08. The van der Waals surface area contributed by atoms with Crippen LogP contribution in [0.4, 0.5) is 10.2 Å². The molecule has 0 bridgehead atoms. The predicted octanol–water partition coefficient (Wildman–Crippen LogP) is 2.52. The lowest BCUT2D eigenvalue weighted by Crippen LogP contribution is -2.47. The molecule has 1 aromatic carbocycles. The van der Waals surface area contributed by atoms with Gasteiger partial charge < -0.3 is 15.0 Å². The van der Waals surface area contributed by atoms with E-state index in [0.717, 1.165) is 28.0 Å². The Morgan fingerprint density at radius 2 is 2.17 bits per heavy atom. The number of anilines is 1. The van der Waals surface area contributed by atoms with Crippen molar-refractivity contribution in [1.82, 2.24) is 20.1 Å². The predicted molar refractivity (Wildman–Crippen MR) is 107 cm³/mol. The van der Waals surface area contributed by atoms with Crippen LogP contribution >= 0.6 is 0 Å². The molecule has 5 rings (SSSR count). The number of nitrogens with zero attached hydrogens (tertiary/aromatic N) is 4. The molecule has 0 aliphatic carbocycles. The number of aryl methyl sites for hydroxylation is 2. The van der Waals surface area contributed by atoms with Crippen molar-refractivity contribution in [2.24, 2.45) is 7.05 Å². The standard InChI is InChI=1S/C21H22FN5O2/c1-12-7-15-17(10-23-21(15)28)25-20(12)27-6-5-19(16(22)11-27)29-14-3-4-18-13(8-14)9-24-26(18)2/h3-4,7-9,16,19H,5-6,10-11H2,1-2H3,(H,23,28)/t16-,19+/m0/s1. The number of aromatic nitrogens is 3. The first-order valence-electron chi connectivity index (χ1n) is 9.76. The molecule has 1 amide bonds. The monoisotopic (exact) mass is 395 g/mol. The zero-order valence-corrected chi connectivity index (χ0v) is 16.4. The lowest BCUT2D eigenvalue weighted by atomic mass is 10.0. The summed E-state index contributed by atoms with van der Waals surface area (Å²) >= 11 is 0. The number of alkyl halides is 1. The molecular weight excluding hydrogens is 373 g/mol. The number of amides is 1. The molecule has 1 fully saturated rings. The summed E-state index contributed by atoms with van der Waals surface area (Å²) < 4.78 is 22.7. The lowest BCUT2D eigenvalue weighted by molar-refractivity contribution is 0.0820. The SMILES string of the molecule is Cc1cc2c(nc1N1CC[C@@H](Oc3ccc4c(cnn4C)c3)[C@@H](F)C1)CNC2=O. The van der Waals surface area contributed by atoms with Crippen molar-refractivity contribution in [1.29, 1.82) is 0 Å². The molecule has 4 heterocycles. The highest BCUT2D eigenvalue weighted by Gasteiger charge is 2.33. The maximum Gasteiger partial charge on any atom is 0.253 e. The molecule has 0 unspecified atom stereocenters. The number of hydrogen-bond acceptors (Lipinski definition) is 5. The van der Waals surface area contributed by atoms with Crippen LogP contribution in [-0.2, 0) is 13.6 Å². The summed E-state index contributed by atoms with van der Waals surface area (Å²) in [5, 5.41) is 7.98. The normalized spacial score (nSPS) is 21.3. The fraction of sp³-hybridized carbons (Fsp3) is 0.381. The minimum absolute atomic E-state index is 0.0942. The summed E-state index contributed by atoms with van der Waals surface area (Å²) in [4.78, 5) is 18.4. The van der Waals surface area contributed by atoms with E-state index in [-0.39, 0.29) is 12.5 Å². The third-order valence-electron chi connectivity index (χ3n) is 5.71. The second kappa shape index (κ2) is 6.72. The van der Waals surface area contributed by atoms with Crippen molar-refractivity contribution >= 4 is 22.6 Å². The molecule has 2 atom stereocenters. The molecule has 2 aromatic heterocycles. The second-order valence-electron chi connectivity index (χ2n) is 7.70. The molecule has 2 aliphatic rings. The fourth-order valence-electron chi connectivity index (χ4n) is 4.15. The van der Waals surface area contributed by atoms with Crippen molar-refractivity contribution < 1.29 is 13.9 Å². The van der Waals surface area contributed by atoms with Gasteiger partial charge in [-0.05, 0) is 36.8 Å². The highest BCUT2D eigenvalue weighted by atomic mass is 19.1. The van der Waals surface area contributed by atoms with E-state index in [2.05, 4.69) is 15.4 Å². The van der Waals surface area contributed by atoms with Gasteiger partial charge in [0.15, 0.2) is 6.17 Å². The average Bonchev–Trinajstić information content (AvgIpc) is 3.25. The first-order chi connectivity index (χ1) is 14.0. The number of hydrogen-bond donors (Lipinski definition) is 1. The Morgan fingerprint density at radius 1 is 1.31 bits per heavy atom. The topological polar surface area (TPSA) is 72.3 Å². The van der Waals surface area contributed by atoms with Crippen molar-refractivity contribution in [3.05, 3.63) is 47.3 Å². The first kappa shape index (κ1) is 17.9. The molecule has 1 saturated heterocycles. The molecule has 7 nitrogen and oxygen atoms in total. The van der Waals surface area contributed by atoms with Gasteiger partial charge in [0.25, 0.3) is 5.91 Å².